The van der Waals surface area contributed by atoms with Crippen molar-refractivity contribution in [3.8, 4) is 12.3 Å². The quantitative estimate of drug-likeness (QED) is 0.542. The molecule has 0 heterocycles. The number of hydrogen-bond donors (Lipinski definition) is 0. The first-order valence-electron chi connectivity index (χ1n) is 3.67. The van der Waals surface area contributed by atoms with Gasteiger partial charge in [-0.15, -0.1) is 12.3 Å². The van der Waals surface area contributed by atoms with Gasteiger partial charge in [0, 0.05) is 6.42 Å². The Balaban J connectivity index is 2.40. The first kappa shape index (κ1) is 7.81. The van der Waals surface area contributed by atoms with Gasteiger partial charge in [0.1, 0.15) is 0 Å². The molecular formula is C10H10O. The molecule has 0 N–H and O–H groups in total. The van der Waals surface area contributed by atoms with E-state index in [0.29, 0.717) is 5.92 Å². The van der Waals surface area contributed by atoms with E-state index in [1.54, 1.807) is 12.2 Å². The van der Waals surface area contributed by atoms with Gasteiger partial charge in [0.15, 0.2) is 5.78 Å². The summed E-state index contributed by atoms with van der Waals surface area (Å²) in [6.45, 7) is 0. The van der Waals surface area contributed by atoms with Crippen LogP contribution in [-0.2, 0) is 4.79 Å². The van der Waals surface area contributed by atoms with E-state index in [9.17, 15) is 4.79 Å². The standard InChI is InChI=1S/C10H10O/c1-2-3-4-9-5-7-10(11)8-6-9/h1,5-9H,3-4H2. The van der Waals surface area contributed by atoms with Crippen LogP contribution in [0.5, 0.6) is 0 Å². The number of rotatable bonds is 2. The second kappa shape index (κ2) is 3.78. The second-order valence-electron chi connectivity index (χ2n) is 2.53. The van der Waals surface area contributed by atoms with E-state index in [1.807, 2.05) is 12.2 Å². The van der Waals surface area contributed by atoms with E-state index in [2.05, 4.69) is 5.92 Å². The summed E-state index contributed by atoms with van der Waals surface area (Å²) in [7, 11) is 0. The molecule has 0 aromatic carbocycles. The summed E-state index contributed by atoms with van der Waals surface area (Å²) < 4.78 is 0. The van der Waals surface area contributed by atoms with Crippen LogP contribution in [0, 0.1) is 18.3 Å². The minimum atomic E-state index is 0.0713. The summed E-state index contributed by atoms with van der Waals surface area (Å²) in [6.07, 6.45) is 13.8. The van der Waals surface area contributed by atoms with Crippen LogP contribution in [0.15, 0.2) is 24.3 Å². The molecule has 1 aliphatic rings. The van der Waals surface area contributed by atoms with Crippen LogP contribution >= 0.6 is 0 Å². The van der Waals surface area contributed by atoms with E-state index < -0.39 is 0 Å². The molecule has 0 radical (unpaired) electrons. The van der Waals surface area contributed by atoms with Gasteiger partial charge in [-0.05, 0) is 24.5 Å². The molecule has 0 spiro atoms. The molecule has 0 aliphatic heterocycles. The van der Waals surface area contributed by atoms with Crippen LogP contribution in [0.2, 0.25) is 0 Å². The van der Waals surface area contributed by atoms with E-state index in [1.165, 1.54) is 0 Å². The number of carbonyl (C=O) groups excluding carboxylic acids is 1. The van der Waals surface area contributed by atoms with Crippen molar-refractivity contribution in [1.29, 1.82) is 0 Å². The Hall–Kier alpha value is -1.29. The van der Waals surface area contributed by atoms with Gasteiger partial charge < -0.3 is 0 Å². The molecule has 1 rings (SSSR count). The highest BCUT2D eigenvalue weighted by Crippen LogP contribution is 2.12. The molecule has 56 valence electrons. The number of ketones is 1. The van der Waals surface area contributed by atoms with Gasteiger partial charge in [-0.1, -0.05) is 12.2 Å². The SMILES string of the molecule is C#CCCC1C=CC(=O)C=C1. The van der Waals surface area contributed by atoms with Gasteiger partial charge >= 0.3 is 0 Å². The van der Waals surface area contributed by atoms with Crippen molar-refractivity contribution in [2.24, 2.45) is 5.92 Å². The van der Waals surface area contributed by atoms with Gasteiger partial charge in [-0.2, -0.15) is 0 Å². The monoisotopic (exact) mass is 146 g/mol. The van der Waals surface area contributed by atoms with E-state index in [4.69, 9.17) is 6.42 Å². The second-order valence-corrected chi connectivity index (χ2v) is 2.53. The number of hydrogen-bond acceptors (Lipinski definition) is 1. The smallest absolute Gasteiger partial charge is 0.178 e. The van der Waals surface area contributed by atoms with Gasteiger partial charge in [-0.25, -0.2) is 0 Å². The largest absolute Gasteiger partial charge is 0.290 e. The van der Waals surface area contributed by atoms with E-state index in [0.717, 1.165) is 12.8 Å². The molecule has 0 atom stereocenters. The predicted molar refractivity (Wildman–Crippen MR) is 44.8 cm³/mol. The average Bonchev–Trinajstić information content (AvgIpc) is 2.04. The van der Waals surface area contributed by atoms with Gasteiger partial charge in [0.05, 0.1) is 0 Å². The fourth-order valence-electron chi connectivity index (χ4n) is 0.999. The first-order chi connectivity index (χ1) is 5.33. The lowest BCUT2D eigenvalue weighted by Gasteiger charge is -2.06. The zero-order valence-electron chi connectivity index (χ0n) is 6.29. The molecule has 0 saturated heterocycles. The summed E-state index contributed by atoms with van der Waals surface area (Å²) in [6, 6.07) is 0. The van der Waals surface area contributed by atoms with Crippen LogP contribution < -0.4 is 0 Å². The van der Waals surface area contributed by atoms with Crippen LogP contribution in [0.1, 0.15) is 12.8 Å². The summed E-state index contributed by atoms with van der Waals surface area (Å²) >= 11 is 0. The van der Waals surface area contributed by atoms with Crippen molar-refractivity contribution in [2.75, 3.05) is 0 Å². The Bertz CT molecular complexity index is 224. The number of allylic oxidation sites excluding steroid dienone is 4. The van der Waals surface area contributed by atoms with Gasteiger partial charge in [0.25, 0.3) is 0 Å². The normalized spacial score (nSPS) is 16.8. The maximum atomic E-state index is 10.7. The predicted octanol–water partition coefficient (Wildman–Crippen LogP) is 1.71. The average molecular weight is 146 g/mol. The summed E-state index contributed by atoms with van der Waals surface area (Å²) in [5.41, 5.74) is 0. The van der Waals surface area contributed by atoms with E-state index in [-0.39, 0.29) is 5.78 Å². The van der Waals surface area contributed by atoms with Gasteiger partial charge in [-0.3, -0.25) is 4.79 Å². The maximum absolute atomic E-state index is 10.7. The number of carbonyl (C=O) groups is 1. The third-order valence-corrected chi connectivity index (χ3v) is 1.64. The lowest BCUT2D eigenvalue weighted by molar-refractivity contribution is -0.110. The maximum Gasteiger partial charge on any atom is 0.178 e. The van der Waals surface area contributed by atoms with Crippen molar-refractivity contribution in [3.05, 3.63) is 24.3 Å². The van der Waals surface area contributed by atoms with Crippen LogP contribution in [0.4, 0.5) is 0 Å². The van der Waals surface area contributed by atoms with Gasteiger partial charge in [0.2, 0.25) is 0 Å². The minimum absolute atomic E-state index is 0.0713. The molecule has 1 heteroatoms. The van der Waals surface area contributed by atoms with Crippen LogP contribution in [0.3, 0.4) is 0 Å². The van der Waals surface area contributed by atoms with Crippen molar-refractivity contribution in [3.63, 3.8) is 0 Å². The summed E-state index contributed by atoms with van der Waals surface area (Å²) in [4.78, 5) is 10.7. The Kier molecular flexibility index (Phi) is 2.68. The molecule has 0 unspecified atom stereocenters. The molecule has 0 amide bonds. The fraction of sp³-hybridized carbons (Fsp3) is 0.300. The first-order valence-corrected chi connectivity index (χ1v) is 3.67. The minimum Gasteiger partial charge on any atom is -0.290 e. The molecule has 0 fully saturated rings. The molecule has 0 aromatic rings. The highest BCUT2D eigenvalue weighted by atomic mass is 16.1. The Morgan fingerprint density at radius 3 is 2.64 bits per heavy atom. The Morgan fingerprint density at radius 2 is 2.09 bits per heavy atom. The zero-order valence-corrected chi connectivity index (χ0v) is 6.29. The lowest BCUT2D eigenvalue weighted by atomic mass is 9.98. The number of terminal acetylenes is 1. The topological polar surface area (TPSA) is 17.1 Å². The summed E-state index contributed by atoms with van der Waals surface area (Å²) in [5, 5.41) is 0. The highest BCUT2D eigenvalue weighted by molar-refractivity contribution is 6.00. The highest BCUT2D eigenvalue weighted by Gasteiger charge is 2.04. The Labute approximate surface area is 66.8 Å². The molecule has 1 nitrogen and oxygen atoms in total. The van der Waals surface area contributed by atoms with Crippen LogP contribution in [-0.4, -0.2) is 5.78 Å². The zero-order chi connectivity index (χ0) is 8.10. The molecule has 0 saturated carbocycles. The van der Waals surface area contributed by atoms with Crippen molar-refractivity contribution < 1.29 is 4.79 Å². The lowest BCUT2D eigenvalue weighted by Crippen LogP contribution is -1.99. The fourth-order valence-corrected chi connectivity index (χ4v) is 0.999. The molecule has 1 aliphatic carbocycles. The third-order valence-electron chi connectivity index (χ3n) is 1.64. The Morgan fingerprint density at radius 1 is 1.45 bits per heavy atom. The third kappa shape index (κ3) is 2.43. The molecule has 0 bridgehead atoms. The van der Waals surface area contributed by atoms with Crippen molar-refractivity contribution in [2.45, 2.75) is 12.8 Å². The van der Waals surface area contributed by atoms with Crippen molar-refractivity contribution >= 4 is 5.78 Å². The summed E-state index contributed by atoms with van der Waals surface area (Å²) in [5.74, 6) is 3.01. The van der Waals surface area contributed by atoms with Crippen LogP contribution in [0.25, 0.3) is 0 Å². The molecule has 0 aromatic heterocycles. The molecular weight excluding hydrogens is 136 g/mol. The molecule has 11 heavy (non-hydrogen) atoms. The van der Waals surface area contributed by atoms with Crippen molar-refractivity contribution in [1.82, 2.24) is 0 Å². The van der Waals surface area contributed by atoms with E-state index >= 15 is 0 Å².